The fourth-order valence-electron chi connectivity index (χ4n) is 2.69. The Balaban J connectivity index is 1.75. The Morgan fingerprint density at radius 2 is 2.24 bits per heavy atom. The molecule has 0 aliphatic heterocycles. The molecule has 21 heavy (non-hydrogen) atoms. The molecule has 1 fully saturated rings. The summed E-state index contributed by atoms with van der Waals surface area (Å²) in [6.45, 7) is 4.67. The molecule has 118 valence electrons. The minimum Gasteiger partial charge on any atom is -0.355 e. The van der Waals surface area contributed by atoms with Crippen molar-refractivity contribution in [2.24, 2.45) is 5.92 Å². The average molecular weight is 310 g/mol. The fraction of sp³-hybridized carbons (Fsp3) is 0.800. The number of carbonyl (C=O) groups excluding carboxylic acids is 1. The lowest BCUT2D eigenvalue weighted by Gasteiger charge is -2.08. The number of carbonyl (C=O) groups is 1. The molecule has 2 N–H and O–H groups in total. The van der Waals surface area contributed by atoms with Crippen molar-refractivity contribution in [3.05, 3.63) is 5.82 Å². The first kappa shape index (κ1) is 16.3. The van der Waals surface area contributed by atoms with Gasteiger partial charge in [-0.15, -0.1) is 5.10 Å². The smallest absolute Gasteiger partial charge is 0.233 e. The number of hydrogen-bond donors (Lipinski definition) is 2. The lowest BCUT2D eigenvalue weighted by Crippen LogP contribution is -2.31. The van der Waals surface area contributed by atoms with Crippen LogP contribution in [-0.2, 0) is 11.2 Å². The van der Waals surface area contributed by atoms with Gasteiger partial charge in [0.2, 0.25) is 11.1 Å². The first-order valence-corrected chi connectivity index (χ1v) is 8.92. The van der Waals surface area contributed by atoms with Crippen molar-refractivity contribution in [2.75, 3.05) is 6.54 Å². The number of aromatic amines is 1. The van der Waals surface area contributed by atoms with E-state index in [0.29, 0.717) is 5.16 Å². The van der Waals surface area contributed by atoms with Crippen LogP contribution in [0.2, 0.25) is 0 Å². The monoisotopic (exact) mass is 310 g/mol. The minimum absolute atomic E-state index is 0.0548. The topological polar surface area (TPSA) is 70.7 Å². The van der Waals surface area contributed by atoms with Gasteiger partial charge in [0.25, 0.3) is 0 Å². The third-order valence-electron chi connectivity index (χ3n) is 3.98. The third kappa shape index (κ3) is 5.34. The Morgan fingerprint density at radius 1 is 1.48 bits per heavy atom. The van der Waals surface area contributed by atoms with E-state index in [0.717, 1.165) is 31.1 Å². The molecule has 1 atom stereocenters. The highest BCUT2D eigenvalue weighted by Gasteiger charge is 2.18. The molecule has 6 heteroatoms. The average Bonchev–Trinajstić information content (AvgIpc) is 3.13. The maximum atomic E-state index is 11.8. The van der Waals surface area contributed by atoms with E-state index in [-0.39, 0.29) is 11.2 Å². The van der Waals surface area contributed by atoms with E-state index in [1.165, 1.54) is 43.9 Å². The molecule has 1 aromatic heterocycles. The molecule has 1 aliphatic rings. The highest BCUT2D eigenvalue weighted by Crippen LogP contribution is 2.28. The van der Waals surface area contributed by atoms with Crippen LogP contribution in [0.25, 0.3) is 0 Å². The lowest BCUT2D eigenvalue weighted by atomic mass is 10.0. The molecular weight excluding hydrogens is 284 g/mol. The summed E-state index contributed by atoms with van der Waals surface area (Å²) in [4.78, 5) is 16.3. The van der Waals surface area contributed by atoms with E-state index in [1.807, 2.05) is 13.8 Å². The molecule has 0 spiro atoms. The Labute approximate surface area is 131 Å². The van der Waals surface area contributed by atoms with Crippen LogP contribution in [0, 0.1) is 5.92 Å². The number of aromatic nitrogens is 3. The van der Waals surface area contributed by atoms with Crippen molar-refractivity contribution >= 4 is 17.7 Å². The second-order valence-corrected chi connectivity index (χ2v) is 7.11. The molecule has 1 aromatic rings. The van der Waals surface area contributed by atoms with Gasteiger partial charge in [-0.2, -0.15) is 0 Å². The minimum atomic E-state index is -0.157. The maximum absolute atomic E-state index is 11.8. The number of rotatable bonds is 8. The predicted octanol–water partition coefficient (Wildman–Crippen LogP) is 2.93. The van der Waals surface area contributed by atoms with Crippen molar-refractivity contribution in [1.82, 2.24) is 20.5 Å². The van der Waals surface area contributed by atoms with Gasteiger partial charge in [0, 0.05) is 13.0 Å². The molecule has 0 aromatic carbocycles. The highest BCUT2D eigenvalue weighted by atomic mass is 32.2. The molecule has 0 saturated heterocycles. The van der Waals surface area contributed by atoms with E-state index < -0.39 is 0 Å². The van der Waals surface area contributed by atoms with E-state index in [1.54, 1.807) is 0 Å². The van der Waals surface area contributed by atoms with E-state index in [9.17, 15) is 4.79 Å². The second-order valence-electron chi connectivity index (χ2n) is 5.80. The van der Waals surface area contributed by atoms with Gasteiger partial charge in [-0.1, -0.05) is 44.4 Å². The zero-order chi connectivity index (χ0) is 15.1. The summed E-state index contributed by atoms with van der Waals surface area (Å²) < 4.78 is 0. The standard InChI is InChI=1S/C15H26N4OS/c1-3-10-16-14(20)11(2)21-15-17-13(18-19-15)9-8-12-6-4-5-7-12/h11-12H,3-10H2,1-2H3,(H,16,20)(H,17,18,19). The van der Waals surface area contributed by atoms with E-state index in [2.05, 4.69) is 20.5 Å². The summed E-state index contributed by atoms with van der Waals surface area (Å²) in [5.41, 5.74) is 0. The molecule has 1 saturated carbocycles. The number of nitrogens with one attached hydrogen (secondary N) is 2. The quantitative estimate of drug-likeness (QED) is 0.724. The Morgan fingerprint density at radius 3 is 2.95 bits per heavy atom. The van der Waals surface area contributed by atoms with Gasteiger partial charge in [0.05, 0.1) is 5.25 Å². The van der Waals surface area contributed by atoms with Crippen LogP contribution >= 0.6 is 11.8 Å². The fourth-order valence-corrected chi connectivity index (χ4v) is 3.45. The molecule has 2 rings (SSSR count). The largest absolute Gasteiger partial charge is 0.355 e. The zero-order valence-corrected chi connectivity index (χ0v) is 13.8. The molecule has 0 radical (unpaired) electrons. The molecule has 1 amide bonds. The van der Waals surface area contributed by atoms with Crippen LogP contribution < -0.4 is 5.32 Å². The third-order valence-corrected chi connectivity index (χ3v) is 4.94. The summed E-state index contributed by atoms with van der Waals surface area (Å²) in [5.74, 6) is 1.87. The van der Waals surface area contributed by atoms with Crippen molar-refractivity contribution in [3.8, 4) is 0 Å². The number of H-pyrrole nitrogens is 1. The second kappa shape index (κ2) is 8.41. The molecule has 1 aliphatic carbocycles. The van der Waals surface area contributed by atoms with Gasteiger partial charge < -0.3 is 5.32 Å². The number of thioether (sulfide) groups is 1. The summed E-state index contributed by atoms with van der Waals surface area (Å²) >= 11 is 1.42. The maximum Gasteiger partial charge on any atom is 0.233 e. The van der Waals surface area contributed by atoms with Crippen LogP contribution in [-0.4, -0.2) is 32.9 Å². The first-order chi connectivity index (χ1) is 10.2. The van der Waals surface area contributed by atoms with E-state index >= 15 is 0 Å². The van der Waals surface area contributed by atoms with Gasteiger partial charge in [0.1, 0.15) is 5.82 Å². The number of hydrogen-bond acceptors (Lipinski definition) is 4. The first-order valence-electron chi connectivity index (χ1n) is 8.04. The van der Waals surface area contributed by atoms with Crippen molar-refractivity contribution < 1.29 is 4.79 Å². The summed E-state index contributed by atoms with van der Waals surface area (Å²) in [7, 11) is 0. The number of aryl methyl sites for hydroxylation is 1. The zero-order valence-electron chi connectivity index (χ0n) is 13.0. The van der Waals surface area contributed by atoms with Crippen LogP contribution in [0.5, 0.6) is 0 Å². The Bertz CT molecular complexity index is 443. The van der Waals surface area contributed by atoms with Crippen molar-refractivity contribution in [2.45, 2.75) is 69.2 Å². The SMILES string of the molecule is CCCNC(=O)C(C)Sc1n[nH]c(CCC2CCCC2)n1. The summed E-state index contributed by atoms with van der Waals surface area (Å²) in [6.07, 6.45) is 8.61. The highest BCUT2D eigenvalue weighted by molar-refractivity contribution is 8.00. The van der Waals surface area contributed by atoms with Gasteiger partial charge in [-0.25, -0.2) is 4.98 Å². The van der Waals surface area contributed by atoms with Crippen molar-refractivity contribution in [3.63, 3.8) is 0 Å². The van der Waals surface area contributed by atoms with Crippen LogP contribution in [0.3, 0.4) is 0 Å². The predicted molar refractivity (Wildman–Crippen MR) is 85.3 cm³/mol. The Hall–Kier alpha value is -1.04. The Kier molecular flexibility index (Phi) is 6.54. The molecule has 1 unspecified atom stereocenters. The lowest BCUT2D eigenvalue weighted by molar-refractivity contribution is -0.120. The molecule has 0 bridgehead atoms. The van der Waals surface area contributed by atoms with E-state index in [4.69, 9.17) is 0 Å². The normalized spacial score (nSPS) is 17.0. The summed E-state index contributed by atoms with van der Waals surface area (Å²) in [5, 5.41) is 10.6. The molecule has 1 heterocycles. The van der Waals surface area contributed by atoms with Crippen LogP contribution in [0.4, 0.5) is 0 Å². The molecule has 5 nitrogen and oxygen atoms in total. The van der Waals surface area contributed by atoms with Gasteiger partial charge in [0.15, 0.2) is 0 Å². The van der Waals surface area contributed by atoms with Gasteiger partial charge in [-0.05, 0) is 25.7 Å². The van der Waals surface area contributed by atoms with Crippen LogP contribution in [0.1, 0.15) is 58.2 Å². The van der Waals surface area contributed by atoms with Crippen molar-refractivity contribution in [1.29, 1.82) is 0 Å². The number of amides is 1. The number of nitrogens with zero attached hydrogens (tertiary/aromatic N) is 2. The van der Waals surface area contributed by atoms with Gasteiger partial charge >= 0.3 is 0 Å². The molecular formula is C15H26N4OS. The summed E-state index contributed by atoms with van der Waals surface area (Å²) in [6, 6.07) is 0. The van der Waals surface area contributed by atoms with Gasteiger partial charge in [-0.3, -0.25) is 9.89 Å². The van der Waals surface area contributed by atoms with Crippen LogP contribution in [0.15, 0.2) is 5.16 Å².